The number of aromatic hydroxyl groups is 3. The van der Waals surface area contributed by atoms with Gasteiger partial charge in [0.2, 0.25) is 0 Å². The van der Waals surface area contributed by atoms with Gasteiger partial charge in [0.15, 0.2) is 17.1 Å². The van der Waals surface area contributed by atoms with Crippen molar-refractivity contribution >= 4 is 32.9 Å². The van der Waals surface area contributed by atoms with E-state index in [9.17, 15) is 20.1 Å². The average molecular weight is 420 g/mol. The van der Waals surface area contributed by atoms with Gasteiger partial charge < -0.3 is 24.2 Å². The highest BCUT2D eigenvalue weighted by Crippen LogP contribution is 2.42. The van der Waals surface area contributed by atoms with Crippen LogP contribution in [0.15, 0.2) is 61.2 Å². The van der Waals surface area contributed by atoms with Crippen molar-refractivity contribution < 1.29 is 24.2 Å². The third-order valence-corrected chi connectivity index (χ3v) is 5.39. The standard InChI is InChI=1S/C25H24O6/c1-13(2)5-4-6-14(3)7-9-17-22(28)19(27)12-18-21-24(31-23(17)18)16-10-8-15(26)11-20(16)30-25(21)29/h5,7-8,10-12,26-28H,4,6,9H2,1-3H3. The Labute approximate surface area is 178 Å². The summed E-state index contributed by atoms with van der Waals surface area (Å²) >= 11 is 0. The molecule has 0 bridgehead atoms. The molecule has 0 fully saturated rings. The molecule has 0 aliphatic carbocycles. The van der Waals surface area contributed by atoms with Crippen LogP contribution in [0.4, 0.5) is 0 Å². The quantitative estimate of drug-likeness (QED) is 0.206. The molecule has 0 unspecified atom stereocenters. The lowest BCUT2D eigenvalue weighted by atomic mass is 10.0. The van der Waals surface area contributed by atoms with E-state index in [-0.39, 0.29) is 33.8 Å². The van der Waals surface area contributed by atoms with Crippen molar-refractivity contribution in [2.45, 2.75) is 40.0 Å². The van der Waals surface area contributed by atoms with E-state index in [2.05, 4.69) is 19.9 Å². The van der Waals surface area contributed by atoms with E-state index >= 15 is 0 Å². The fourth-order valence-corrected chi connectivity index (χ4v) is 3.76. The van der Waals surface area contributed by atoms with Gasteiger partial charge in [0.1, 0.15) is 22.3 Å². The Morgan fingerprint density at radius 2 is 1.74 bits per heavy atom. The van der Waals surface area contributed by atoms with E-state index in [1.54, 1.807) is 6.07 Å². The monoisotopic (exact) mass is 420 g/mol. The van der Waals surface area contributed by atoms with Gasteiger partial charge in [-0.3, -0.25) is 0 Å². The molecule has 0 saturated carbocycles. The molecule has 4 rings (SSSR count). The molecule has 3 N–H and O–H groups in total. The van der Waals surface area contributed by atoms with Crippen LogP contribution < -0.4 is 5.63 Å². The van der Waals surface area contributed by atoms with Crippen LogP contribution in [0, 0.1) is 0 Å². The van der Waals surface area contributed by atoms with E-state index in [1.807, 2.05) is 13.0 Å². The Morgan fingerprint density at radius 3 is 2.48 bits per heavy atom. The lowest BCUT2D eigenvalue weighted by Crippen LogP contribution is -1.98. The van der Waals surface area contributed by atoms with Crippen molar-refractivity contribution in [3.8, 4) is 17.2 Å². The number of phenols is 3. The molecule has 0 amide bonds. The fraction of sp³-hybridized carbons (Fsp3) is 0.240. The first-order valence-electron chi connectivity index (χ1n) is 10.1. The summed E-state index contributed by atoms with van der Waals surface area (Å²) in [4.78, 5) is 12.7. The number of hydrogen-bond donors (Lipinski definition) is 3. The summed E-state index contributed by atoms with van der Waals surface area (Å²) in [5.41, 5.74) is 2.98. The molecule has 0 radical (unpaired) electrons. The van der Waals surface area contributed by atoms with Crippen LogP contribution in [0.5, 0.6) is 17.2 Å². The molecule has 2 heterocycles. The minimum absolute atomic E-state index is 0.0317. The Kier molecular flexibility index (Phi) is 5.23. The van der Waals surface area contributed by atoms with E-state index in [0.717, 1.165) is 18.4 Å². The van der Waals surface area contributed by atoms with Crippen molar-refractivity contribution in [3.05, 3.63) is 63.5 Å². The lowest BCUT2D eigenvalue weighted by Gasteiger charge is -2.06. The maximum Gasteiger partial charge on any atom is 0.348 e. The third kappa shape index (κ3) is 3.77. The van der Waals surface area contributed by atoms with Crippen LogP contribution in [0.25, 0.3) is 32.9 Å². The van der Waals surface area contributed by atoms with E-state index < -0.39 is 5.63 Å². The van der Waals surface area contributed by atoms with Gasteiger partial charge in [-0.15, -0.1) is 0 Å². The smallest absolute Gasteiger partial charge is 0.348 e. The summed E-state index contributed by atoms with van der Waals surface area (Å²) in [7, 11) is 0. The third-order valence-electron chi connectivity index (χ3n) is 5.39. The van der Waals surface area contributed by atoms with Crippen molar-refractivity contribution in [2.75, 3.05) is 0 Å². The maximum absolute atomic E-state index is 12.7. The summed E-state index contributed by atoms with van der Waals surface area (Å²) in [5, 5.41) is 31.6. The molecule has 2 aromatic carbocycles. The number of rotatable bonds is 5. The zero-order valence-corrected chi connectivity index (χ0v) is 17.7. The summed E-state index contributed by atoms with van der Waals surface area (Å²) in [6.07, 6.45) is 6.30. The summed E-state index contributed by atoms with van der Waals surface area (Å²) in [6.45, 7) is 6.14. The molecule has 0 saturated heterocycles. The highest BCUT2D eigenvalue weighted by Gasteiger charge is 2.22. The number of hydrogen-bond acceptors (Lipinski definition) is 6. The molecule has 160 valence electrons. The van der Waals surface area contributed by atoms with Crippen LogP contribution in [0.3, 0.4) is 0 Å². The zero-order chi connectivity index (χ0) is 22.3. The second-order valence-electron chi connectivity index (χ2n) is 8.05. The van der Waals surface area contributed by atoms with E-state index in [1.165, 1.54) is 23.8 Å². The Bertz CT molecular complexity index is 1430. The molecule has 6 nitrogen and oxygen atoms in total. The second kappa shape index (κ2) is 7.87. The largest absolute Gasteiger partial charge is 0.508 e. The molecular weight excluding hydrogens is 396 g/mol. The molecule has 0 aliphatic rings. The van der Waals surface area contributed by atoms with Gasteiger partial charge in [-0.25, -0.2) is 4.79 Å². The Hall–Kier alpha value is -3.67. The number of fused-ring (bicyclic) bond motifs is 5. The van der Waals surface area contributed by atoms with Crippen LogP contribution in [0.1, 0.15) is 39.2 Å². The number of phenolic OH excluding ortho intramolecular Hbond substituents is 3. The molecule has 0 atom stereocenters. The highest BCUT2D eigenvalue weighted by molar-refractivity contribution is 6.14. The first-order valence-corrected chi connectivity index (χ1v) is 10.1. The maximum atomic E-state index is 12.7. The van der Waals surface area contributed by atoms with Gasteiger partial charge >= 0.3 is 5.63 Å². The first-order chi connectivity index (χ1) is 14.8. The van der Waals surface area contributed by atoms with Crippen LogP contribution in [0.2, 0.25) is 0 Å². The van der Waals surface area contributed by atoms with E-state index in [0.29, 0.717) is 28.3 Å². The molecule has 31 heavy (non-hydrogen) atoms. The van der Waals surface area contributed by atoms with E-state index in [4.69, 9.17) is 8.83 Å². The number of benzene rings is 2. The number of allylic oxidation sites excluding steroid dienone is 4. The predicted molar refractivity (Wildman–Crippen MR) is 121 cm³/mol. The first kappa shape index (κ1) is 20.6. The fourth-order valence-electron chi connectivity index (χ4n) is 3.76. The van der Waals surface area contributed by atoms with Crippen LogP contribution in [-0.4, -0.2) is 15.3 Å². The Morgan fingerprint density at radius 1 is 0.968 bits per heavy atom. The SMILES string of the molecule is CC(C)=CCCC(C)=CCc1c(O)c(O)cc2c1oc1c3ccc(O)cc3oc(=O)c21. The summed E-state index contributed by atoms with van der Waals surface area (Å²) in [6, 6.07) is 5.74. The molecule has 6 heteroatoms. The lowest BCUT2D eigenvalue weighted by molar-refractivity contribution is 0.400. The normalized spacial score (nSPS) is 12.2. The van der Waals surface area contributed by atoms with Crippen molar-refractivity contribution in [1.29, 1.82) is 0 Å². The zero-order valence-electron chi connectivity index (χ0n) is 17.7. The van der Waals surface area contributed by atoms with Crippen molar-refractivity contribution in [3.63, 3.8) is 0 Å². The highest BCUT2D eigenvalue weighted by atomic mass is 16.4. The molecule has 2 aromatic heterocycles. The van der Waals surface area contributed by atoms with Gasteiger partial charge in [-0.05, 0) is 58.2 Å². The predicted octanol–water partition coefficient (Wildman–Crippen LogP) is 6.04. The van der Waals surface area contributed by atoms with Crippen molar-refractivity contribution in [2.24, 2.45) is 0 Å². The van der Waals surface area contributed by atoms with Gasteiger partial charge in [0.05, 0.1) is 5.39 Å². The molecule has 4 aromatic rings. The van der Waals surface area contributed by atoms with Gasteiger partial charge in [0, 0.05) is 17.0 Å². The van der Waals surface area contributed by atoms with Gasteiger partial charge in [0.25, 0.3) is 0 Å². The van der Waals surface area contributed by atoms with Crippen molar-refractivity contribution in [1.82, 2.24) is 0 Å². The van der Waals surface area contributed by atoms with Gasteiger partial charge in [-0.2, -0.15) is 0 Å². The molecular formula is C25H24O6. The van der Waals surface area contributed by atoms with Crippen LogP contribution in [-0.2, 0) is 6.42 Å². The summed E-state index contributed by atoms with van der Waals surface area (Å²) < 4.78 is 11.4. The minimum atomic E-state index is -0.642. The van der Waals surface area contributed by atoms with Gasteiger partial charge in [-0.1, -0.05) is 23.3 Å². The summed E-state index contributed by atoms with van der Waals surface area (Å²) in [5.74, 6) is -0.631. The topological polar surface area (TPSA) is 104 Å². The molecule has 0 spiro atoms. The van der Waals surface area contributed by atoms with Crippen LogP contribution >= 0.6 is 0 Å². The average Bonchev–Trinajstić information content (AvgIpc) is 3.07. The molecule has 0 aliphatic heterocycles. The second-order valence-corrected chi connectivity index (χ2v) is 8.05. The minimum Gasteiger partial charge on any atom is -0.508 e. The Balaban J connectivity index is 1.88. The number of furan rings is 1.